The Labute approximate surface area is 144 Å². The molecule has 1 unspecified atom stereocenters. The second-order valence-electron chi connectivity index (χ2n) is 5.45. The van der Waals surface area contributed by atoms with Crippen molar-refractivity contribution in [3.63, 3.8) is 0 Å². The van der Waals surface area contributed by atoms with Gasteiger partial charge in [0.15, 0.2) is 5.76 Å². The Kier molecular flexibility index (Phi) is 5.60. The number of hydrogen-bond donors (Lipinski definition) is 3. The van der Waals surface area contributed by atoms with Gasteiger partial charge < -0.3 is 14.8 Å². The number of nitrogens with one attached hydrogen (secondary N) is 1. The SMILES string of the molecule is Cc1oc(C(=O)NC(CCC(=O)O)c2ccccc2)cc1S(N)(=O)=O. The maximum Gasteiger partial charge on any atom is 0.303 e. The van der Waals surface area contributed by atoms with Gasteiger partial charge in [0.2, 0.25) is 10.0 Å². The van der Waals surface area contributed by atoms with Crippen LogP contribution in [0, 0.1) is 6.92 Å². The lowest BCUT2D eigenvalue weighted by molar-refractivity contribution is -0.137. The number of furan rings is 1. The Morgan fingerprint density at radius 3 is 2.44 bits per heavy atom. The topological polar surface area (TPSA) is 140 Å². The number of carbonyl (C=O) groups excluding carboxylic acids is 1. The minimum absolute atomic E-state index is 0.00875. The zero-order chi connectivity index (χ0) is 18.6. The average molecular weight is 366 g/mol. The molecule has 2 rings (SSSR count). The third kappa shape index (κ3) is 4.91. The smallest absolute Gasteiger partial charge is 0.303 e. The number of carboxylic acid groups (broad SMARTS) is 1. The predicted molar refractivity (Wildman–Crippen MR) is 88.3 cm³/mol. The molecular weight excluding hydrogens is 348 g/mol. The van der Waals surface area contributed by atoms with Gasteiger partial charge in [0.05, 0.1) is 6.04 Å². The van der Waals surface area contributed by atoms with E-state index in [9.17, 15) is 18.0 Å². The molecule has 2 aromatic rings. The lowest BCUT2D eigenvalue weighted by atomic mass is 10.0. The normalized spacial score (nSPS) is 12.6. The van der Waals surface area contributed by atoms with Gasteiger partial charge in [-0.15, -0.1) is 0 Å². The summed E-state index contributed by atoms with van der Waals surface area (Å²) in [4.78, 5) is 23.0. The van der Waals surface area contributed by atoms with Gasteiger partial charge in [-0.25, -0.2) is 13.6 Å². The second kappa shape index (κ2) is 7.49. The molecule has 0 saturated heterocycles. The highest BCUT2D eigenvalue weighted by Gasteiger charge is 2.23. The van der Waals surface area contributed by atoms with Crippen LogP contribution in [0.15, 0.2) is 45.7 Å². The molecule has 4 N–H and O–H groups in total. The van der Waals surface area contributed by atoms with Crippen LogP contribution in [0.4, 0.5) is 0 Å². The van der Waals surface area contributed by atoms with Crippen LogP contribution in [0.5, 0.6) is 0 Å². The van der Waals surface area contributed by atoms with Crippen LogP contribution in [0.1, 0.15) is 40.8 Å². The van der Waals surface area contributed by atoms with Crippen LogP contribution < -0.4 is 10.5 Å². The fraction of sp³-hybridized carbons (Fsp3) is 0.250. The number of rotatable bonds is 7. The fourth-order valence-corrected chi connectivity index (χ4v) is 3.08. The van der Waals surface area contributed by atoms with Crippen molar-refractivity contribution in [1.29, 1.82) is 0 Å². The summed E-state index contributed by atoms with van der Waals surface area (Å²) in [7, 11) is -4.00. The van der Waals surface area contributed by atoms with Crippen LogP contribution in [0.25, 0.3) is 0 Å². The van der Waals surface area contributed by atoms with Crippen molar-refractivity contribution in [2.75, 3.05) is 0 Å². The number of aliphatic carboxylic acids is 1. The minimum Gasteiger partial charge on any atom is -0.481 e. The van der Waals surface area contributed by atoms with E-state index in [0.717, 1.165) is 11.6 Å². The van der Waals surface area contributed by atoms with Gasteiger partial charge in [-0.1, -0.05) is 30.3 Å². The molecule has 0 bridgehead atoms. The highest BCUT2D eigenvalue weighted by atomic mass is 32.2. The predicted octanol–water partition coefficient (Wildman–Crippen LogP) is 1.57. The number of aryl methyl sites for hydroxylation is 1. The molecule has 0 fully saturated rings. The van der Waals surface area contributed by atoms with Crippen molar-refractivity contribution in [3.05, 3.63) is 53.5 Å². The molecule has 0 saturated carbocycles. The van der Waals surface area contributed by atoms with Gasteiger partial charge in [0, 0.05) is 12.5 Å². The van der Waals surface area contributed by atoms with E-state index in [1.165, 1.54) is 6.92 Å². The van der Waals surface area contributed by atoms with Crippen LogP contribution in [0.3, 0.4) is 0 Å². The first-order valence-electron chi connectivity index (χ1n) is 7.39. The third-order valence-electron chi connectivity index (χ3n) is 3.56. The van der Waals surface area contributed by atoms with E-state index in [0.29, 0.717) is 0 Å². The summed E-state index contributed by atoms with van der Waals surface area (Å²) >= 11 is 0. The number of sulfonamides is 1. The molecule has 0 spiro atoms. The molecule has 1 aromatic carbocycles. The molecule has 134 valence electrons. The zero-order valence-corrected chi connectivity index (χ0v) is 14.2. The van der Waals surface area contributed by atoms with Gasteiger partial charge in [-0.2, -0.15) is 0 Å². The Balaban J connectivity index is 2.23. The van der Waals surface area contributed by atoms with Gasteiger partial charge in [0.1, 0.15) is 10.7 Å². The Hall–Kier alpha value is -2.65. The van der Waals surface area contributed by atoms with Crippen LogP contribution in [0.2, 0.25) is 0 Å². The lowest BCUT2D eigenvalue weighted by Gasteiger charge is -2.17. The highest BCUT2D eigenvalue weighted by Crippen LogP contribution is 2.22. The number of nitrogens with two attached hydrogens (primary N) is 1. The summed E-state index contributed by atoms with van der Waals surface area (Å²) in [6.45, 7) is 1.38. The van der Waals surface area contributed by atoms with Crippen molar-refractivity contribution in [2.24, 2.45) is 5.14 Å². The van der Waals surface area contributed by atoms with Gasteiger partial charge in [0.25, 0.3) is 5.91 Å². The summed E-state index contributed by atoms with van der Waals surface area (Å²) in [6.07, 6.45) is 0.0340. The van der Waals surface area contributed by atoms with Crippen molar-refractivity contribution in [2.45, 2.75) is 30.7 Å². The summed E-state index contributed by atoms with van der Waals surface area (Å²) in [6, 6.07) is 9.35. The Morgan fingerprint density at radius 1 is 1.28 bits per heavy atom. The molecule has 25 heavy (non-hydrogen) atoms. The molecule has 1 heterocycles. The molecule has 0 aliphatic heterocycles. The fourth-order valence-electron chi connectivity index (χ4n) is 2.36. The van der Waals surface area contributed by atoms with Gasteiger partial charge in [-0.05, 0) is 18.9 Å². The first-order chi connectivity index (χ1) is 11.7. The highest BCUT2D eigenvalue weighted by molar-refractivity contribution is 7.89. The number of primary sulfonamides is 1. The van der Waals surface area contributed by atoms with Crippen molar-refractivity contribution in [1.82, 2.24) is 5.32 Å². The average Bonchev–Trinajstić information content (AvgIpc) is 2.94. The molecule has 0 aliphatic rings. The quantitative estimate of drug-likeness (QED) is 0.679. The maximum absolute atomic E-state index is 12.4. The summed E-state index contributed by atoms with van der Waals surface area (Å²) in [5.41, 5.74) is 0.729. The summed E-state index contributed by atoms with van der Waals surface area (Å²) in [5.74, 6) is -1.84. The number of carbonyl (C=O) groups is 2. The lowest BCUT2D eigenvalue weighted by Crippen LogP contribution is -2.28. The van der Waals surface area contributed by atoms with Gasteiger partial charge in [-0.3, -0.25) is 9.59 Å². The number of benzene rings is 1. The largest absolute Gasteiger partial charge is 0.481 e. The maximum atomic E-state index is 12.4. The number of hydrogen-bond acceptors (Lipinski definition) is 5. The zero-order valence-electron chi connectivity index (χ0n) is 13.4. The molecule has 0 aliphatic carbocycles. The van der Waals surface area contributed by atoms with E-state index >= 15 is 0 Å². The standard InChI is InChI=1S/C16H18N2O6S/c1-10-14(25(17,22)23)9-13(24-10)16(21)18-12(7-8-15(19)20)11-5-3-2-4-6-11/h2-6,9,12H,7-8H2,1H3,(H,18,21)(H,19,20)(H2,17,22,23). The van der Waals surface area contributed by atoms with E-state index < -0.39 is 27.9 Å². The van der Waals surface area contributed by atoms with Crippen LogP contribution >= 0.6 is 0 Å². The van der Waals surface area contributed by atoms with Crippen molar-refractivity contribution in [3.8, 4) is 0 Å². The Morgan fingerprint density at radius 2 is 1.92 bits per heavy atom. The van der Waals surface area contributed by atoms with E-state index in [-0.39, 0.29) is 29.3 Å². The summed E-state index contributed by atoms with van der Waals surface area (Å²) in [5, 5.41) is 16.6. The van der Waals surface area contributed by atoms with Crippen LogP contribution in [-0.4, -0.2) is 25.4 Å². The van der Waals surface area contributed by atoms with E-state index in [2.05, 4.69) is 5.32 Å². The Bertz CT molecular complexity index is 873. The second-order valence-corrected chi connectivity index (χ2v) is 6.98. The first kappa shape index (κ1) is 18.7. The molecule has 1 aromatic heterocycles. The third-order valence-corrected chi connectivity index (χ3v) is 4.58. The van der Waals surface area contributed by atoms with E-state index in [4.69, 9.17) is 14.7 Å². The molecular formula is C16H18N2O6S. The molecule has 1 amide bonds. The monoisotopic (exact) mass is 366 g/mol. The minimum atomic E-state index is -4.00. The first-order valence-corrected chi connectivity index (χ1v) is 8.94. The molecule has 8 nitrogen and oxygen atoms in total. The summed E-state index contributed by atoms with van der Waals surface area (Å²) < 4.78 is 28.0. The van der Waals surface area contributed by atoms with Crippen molar-refractivity contribution >= 4 is 21.9 Å². The molecule has 1 atom stereocenters. The molecule has 0 radical (unpaired) electrons. The van der Waals surface area contributed by atoms with E-state index in [1.807, 2.05) is 0 Å². The van der Waals surface area contributed by atoms with Gasteiger partial charge >= 0.3 is 5.97 Å². The molecule has 9 heteroatoms. The van der Waals surface area contributed by atoms with E-state index in [1.54, 1.807) is 30.3 Å². The number of carboxylic acids is 1. The number of amides is 1. The van der Waals surface area contributed by atoms with Crippen molar-refractivity contribution < 1.29 is 27.5 Å². The van der Waals surface area contributed by atoms with Crippen LogP contribution in [-0.2, 0) is 14.8 Å².